The summed E-state index contributed by atoms with van der Waals surface area (Å²) in [6, 6.07) is 8.20. The van der Waals surface area contributed by atoms with E-state index in [0.717, 1.165) is 23.2 Å². The van der Waals surface area contributed by atoms with Crippen LogP contribution in [0.4, 0.5) is 11.4 Å². The summed E-state index contributed by atoms with van der Waals surface area (Å²) in [5, 5.41) is 24.3. The topological polar surface area (TPSA) is 92.5 Å². The molecule has 3 atom stereocenters. The van der Waals surface area contributed by atoms with E-state index in [0.29, 0.717) is 5.56 Å². The second kappa shape index (κ2) is 6.39. The monoisotopic (exact) mass is 384 g/mol. The second-order valence-corrected chi connectivity index (χ2v) is 7.36. The molecule has 2 aromatic carbocycles. The van der Waals surface area contributed by atoms with Gasteiger partial charge in [-0.25, -0.2) is 4.79 Å². The number of carbonyl (C=O) groups is 1. The number of halogens is 1. The third-order valence-corrected chi connectivity index (χ3v) is 5.87. The Hall–Kier alpha value is -2.86. The number of benzene rings is 2. The van der Waals surface area contributed by atoms with Crippen LogP contribution in [0, 0.1) is 23.0 Å². The first-order valence-electron chi connectivity index (χ1n) is 8.62. The number of allylic oxidation sites excluding steroid dienone is 2. The summed E-state index contributed by atoms with van der Waals surface area (Å²) in [6.07, 6.45) is 5.10. The van der Waals surface area contributed by atoms with Gasteiger partial charge in [0.15, 0.2) is 0 Å². The number of anilines is 1. The third-order valence-electron chi connectivity index (χ3n) is 5.55. The Kier molecular flexibility index (Phi) is 4.15. The molecule has 0 amide bonds. The zero-order valence-electron chi connectivity index (χ0n) is 14.5. The van der Waals surface area contributed by atoms with E-state index in [-0.39, 0.29) is 34.2 Å². The molecule has 6 nitrogen and oxygen atoms in total. The lowest BCUT2D eigenvalue weighted by atomic mass is 9.76. The van der Waals surface area contributed by atoms with Gasteiger partial charge >= 0.3 is 5.97 Å². The van der Waals surface area contributed by atoms with E-state index < -0.39 is 10.9 Å². The van der Waals surface area contributed by atoms with Crippen LogP contribution in [0.1, 0.15) is 45.4 Å². The molecule has 1 aliphatic heterocycles. The van der Waals surface area contributed by atoms with Crippen LogP contribution in [0.15, 0.2) is 42.5 Å². The number of aromatic carboxylic acids is 1. The summed E-state index contributed by atoms with van der Waals surface area (Å²) in [6.45, 7) is 1.79. The van der Waals surface area contributed by atoms with Crippen LogP contribution >= 0.6 is 11.6 Å². The van der Waals surface area contributed by atoms with E-state index in [2.05, 4.69) is 17.5 Å². The lowest BCUT2D eigenvalue weighted by Gasteiger charge is -2.38. The van der Waals surface area contributed by atoms with Crippen molar-refractivity contribution in [3.63, 3.8) is 0 Å². The third kappa shape index (κ3) is 2.77. The molecule has 1 aliphatic carbocycles. The number of nitro groups is 1. The van der Waals surface area contributed by atoms with E-state index >= 15 is 0 Å². The molecular formula is C20H17ClN2O4. The van der Waals surface area contributed by atoms with Gasteiger partial charge in [-0.15, -0.1) is 0 Å². The number of nitrogens with zero attached hydrogens (tertiary/aromatic N) is 1. The van der Waals surface area contributed by atoms with Crippen molar-refractivity contribution in [1.82, 2.24) is 0 Å². The van der Waals surface area contributed by atoms with Crippen molar-refractivity contribution < 1.29 is 14.8 Å². The lowest BCUT2D eigenvalue weighted by Crippen LogP contribution is -2.30. The summed E-state index contributed by atoms with van der Waals surface area (Å²) in [5.41, 5.74) is 3.44. The summed E-state index contributed by atoms with van der Waals surface area (Å²) < 4.78 is 0. The SMILES string of the molecule is Cc1c(C(=O)O)ccc2c1N[C@H](c1ccc(Cl)c([N+](=O)[O-])c1)[C@@H]1CC=C[C@@H]21. The van der Waals surface area contributed by atoms with Crippen LogP contribution in [0.3, 0.4) is 0 Å². The van der Waals surface area contributed by atoms with Gasteiger partial charge < -0.3 is 10.4 Å². The Morgan fingerprint density at radius 3 is 2.81 bits per heavy atom. The minimum Gasteiger partial charge on any atom is -0.478 e. The average molecular weight is 385 g/mol. The molecule has 0 unspecified atom stereocenters. The zero-order valence-corrected chi connectivity index (χ0v) is 15.2. The van der Waals surface area contributed by atoms with E-state index in [4.69, 9.17) is 11.6 Å². The zero-order chi connectivity index (χ0) is 19.3. The fraction of sp³-hybridized carbons (Fsp3) is 0.250. The first-order chi connectivity index (χ1) is 12.9. The standard InChI is InChI=1S/C20H17ClN2O4/c1-10-12(20(24)25)6-7-15-13-3-2-4-14(13)19(22-18(10)15)11-5-8-16(21)17(9-11)23(26)27/h2-3,5-9,13-14,19,22H,4H2,1H3,(H,24,25)/t13-,14-,19-/m1/s1. The van der Waals surface area contributed by atoms with Gasteiger partial charge in [-0.05, 0) is 48.1 Å². The van der Waals surface area contributed by atoms with E-state index in [9.17, 15) is 20.0 Å². The Morgan fingerprint density at radius 2 is 2.11 bits per heavy atom. The Bertz CT molecular complexity index is 1000. The fourth-order valence-corrected chi connectivity index (χ4v) is 4.43. The second-order valence-electron chi connectivity index (χ2n) is 6.95. The number of nitro benzene ring substituents is 1. The Labute approximate surface area is 160 Å². The molecule has 7 heteroatoms. The normalized spacial score (nSPS) is 22.7. The smallest absolute Gasteiger partial charge is 0.336 e. The van der Waals surface area contributed by atoms with E-state index in [1.54, 1.807) is 25.1 Å². The molecule has 0 fully saturated rings. The number of fused-ring (bicyclic) bond motifs is 3. The van der Waals surface area contributed by atoms with Gasteiger partial charge in [0, 0.05) is 17.7 Å². The minimum absolute atomic E-state index is 0.102. The van der Waals surface area contributed by atoms with E-state index in [1.807, 2.05) is 6.07 Å². The van der Waals surface area contributed by atoms with Gasteiger partial charge in [-0.2, -0.15) is 0 Å². The molecule has 2 aliphatic rings. The van der Waals surface area contributed by atoms with Crippen molar-refractivity contribution in [3.8, 4) is 0 Å². The number of carboxylic acid groups (broad SMARTS) is 1. The number of hydrogen-bond acceptors (Lipinski definition) is 4. The van der Waals surface area contributed by atoms with Gasteiger partial charge in [0.1, 0.15) is 5.02 Å². The lowest BCUT2D eigenvalue weighted by molar-refractivity contribution is -0.384. The molecule has 138 valence electrons. The Balaban J connectivity index is 1.84. The first kappa shape index (κ1) is 17.5. The van der Waals surface area contributed by atoms with Crippen molar-refractivity contribution in [2.45, 2.75) is 25.3 Å². The largest absolute Gasteiger partial charge is 0.478 e. The summed E-state index contributed by atoms with van der Waals surface area (Å²) in [4.78, 5) is 22.3. The van der Waals surface area contributed by atoms with Crippen molar-refractivity contribution in [2.24, 2.45) is 5.92 Å². The molecule has 27 heavy (non-hydrogen) atoms. The molecular weight excluding hydrogens is 368 g/mol. The summed E-state index contributed by atoms with van der Waals surface area (Å²) >= 11 is 5.96. The molecule has 0 saturated carbocycles. The van der Waals surface area contributed by atoms with Crippen LogP contribution in [-0.4, -0.2) is 16.0 Å². The molecule has 2 N–H and O–H groups in total. The molecule has 0 saturated heterocycles. The number of rotatable bonds is 3. The van der Waals surface area contributed by atoms with Crippen molar-refractivity contribution in [1.29, 1.82) is 0 Å². The molecule has 4 rings (SSSR count). The number of hydrogen-bond donors (Lipinski definition) is 2. The maximum atomic E-state index is 11.5. The van der Waals surface area contributed by atoms with E-state index in [1.165, 1.54) is 6.07 Å². The highest BCUT2D eigenvalue weighted by atomic mass is 35.5. The number of nitrogens with one attached hydrogen (secondary N) is 1. The fourth-order valence-electron chi connectivity index (χ4n) is 4.24. The maximum absolute atomic E-state index is 11.5. The highest BCUT2D eigenvalue weighted by Crippen LogP contribution is 2.51. The molecule has 0 bridgehead atoms. The van der Waals surface area contributed by atoms with Gasteiger partial charge in [0.2, 0.25) is 0 Å². The van der Waals surface area contributed by atoms with Crippen molar-refractivity contribution >= 4 is 28.9 Å². The summed E-state index contributed by atoms with van der Waals surface area (Å²) in [5.74, 6) is -0.629. The van der Waals surface area contributed by atoms with Crippen LogP contribution in [0.25, 0.3) is 0 Å². The molecule has 0 aromatic heterocycles. The highest BCUT2D eigenvalue weighted by Gasteiger charge is 2.39. The van der Waals surface area contributed by atoms with Crippen LogP contribution in [0.2, 0.25) is 5.02 Å². The quantitative estimate of drug-likeness (QED) is 0.437. The maximum Gasteiger partial charge on any atom is 0.336 e. The van der Waals surface area contributed by atoms with Gasteiger partial charge in [-0.3, -0.25) is 10.1 Å². The molecule has 2 aromatic rings. The van der Waals surface area contributed by atoms with Gasteiger partial charge in [-0.1, -0.05) is 35.9 Å². The number of carboxylic acids is 1. The first-order valence-corrected chi connectivity index (χ1v) is 9.00. The predicted octanol–water partition coefficient (Wildman–Crippen LogP) is 5.08. The van der Waals surface area contributed by atoms with Gasteiger partial charge in [0.25, 0.3) is 5.69 Å². The van der Waals surface area contributed by atoms with Gasteiger partial charge in [0.05, 0.1) is 16.5 Å². The molecule has 1 heterocycles. The predicted molar refractivity (Wildman–Crippen MR) is 103 cm³/mol. The van der Waals surface area contributed by atoms with Crippen LogP contribution in [-0.2, 0) is 0 Å². The average Bonchev–Trinajstić information content (AvgIpc) is 3.11. The van der Waals surface area contributed by atoms with Crippen molar-refractivity contribution in [2.75, 3.05) is 5.32 Å². The van der Waals surface area contributed by atoms with Crippen LogP contribution < -0.4 is 5.32 Å². The summed E-state index contributed by atoms with van der Waals surface area (Å²) in [7, 11) is 0. The highest BCUT2D eigenvalue weighted by molar-refractivity contribution is 6.32. The van der Waals surface area contributed by atoms with Crippen molar-refractivity contribution in [3.05, 3.63) is 79.9 Å². The minimum atomic E-state index is -0.972. The van der Waals surface area contributed by atoms with Crippen LogP contribution in [0.5, 0.6) is 0 Å². The molecule has 0 radical (unpaired) electrons. The molecule has 0 spiro atoms. The Morgan fingerprint density at radius 1 is 1.33 bits per heavy atom.